The predicted molar refractivity (Wildman–Crippen MR) is 70.4 cm³/mol. The van der Waals surface area contributed by atoms with Crippen LogP contribution >= 0.6 is 0 Å². The lowest BCUT2D eigenvalue weighted by molar-refractivity contribution is 0.189. The van der Waals surface area contributed by atoms with Gasteiger partial charge in [-0.2, -0.15) is 0 Å². The van der Waals surface area contributed by atoms with E-state index in [0.29, 0.717) is 0 Å². The van der Waals surface area contributed by atoms with Gasteiger partial charge in [0.15, 0.2) is 0 Å². The summed E-state index contributed by atoms with van der Waals surface area (Å²) in [4.78, 5) is 13.6. The third-order valence-electron chi connectivity index (χ3n) is 4.97. The summed E-state index contributed by atoms with van der Waals surface area (Å²) in [5.41, 5.74) is 0. The Labute approximate surface area is 108 Å². The van der Waals surface area contributed by atoms with Crippen LogP contribution in [0.25, 0.3) is 0 Å². The number of nitrogens with zero attached hydrogens (tertiary/aromatic N) is 4. The molecule has 4 rings (SSSR count). The first-order chi connectivity index (χ1) is 8.90. The predicted octanol–water partition coefficient (Wildman–Crippen LogP) is 1.40. The van der Waals surface area contributed by atoms with Crippen LogP contribution in [0.2, 0.25) is 0 Å². The maximum absolute atomic E-state index is 4.32. The molecule has 2 unspecified atom stereocenters. The van der Waals surface area contributed by atoms with Gasteiger partial charge < -0.3 is 4.90 Å². The Bertz CT molecular complexity index is 403. The minimum absolute atomic E-state index is 0.749. The van der Waals surface area contributed by atoms with Crippen LogP contribution in [0.15, 0.2) is 18.5 Å². The SMILES string of the molecule is c1cnc(N2CC(N3CC4CCCC4C3)C2)nc1. The van der Waals surface area contributed by atoms with E-state index in [2.05, 4.69) is 19.8 Å². The third kappa shape index (κ3) is 1.70. The monoisotopic (exact) mass is 244 g/mol. The first-order valence-electron chi connectivity index (χ1n) is 7.16. The highest BCUT2D eigenvalue weighted by Crippen LogP contribution is 2.39. The van der Waals surface area contributed by atoms with E-state index in [-0.39, 0.29) is 0 Å². The summed E-state index contributed by atoms with van der Waals surface area (Å²) >= 11 is 0. The summed E-state index contributed by atoms with van der Waals surface area (Å²) in [6.07, 6.45) is 8.07. The van der Waals surface area contributed by atoms with Gasteiger partial charge in [0.25, 0.3) is 0 Å². The number of anilines is 1. The van der Waals surface area contributed by atoms with Crippen molar-refractivity contribution in [1.82, 2.24) is 14.9 Å². The lowest BCUT2D eigenvalue weighted by atomic mass is 10.0. The van der Waals surface area contributed by atoms with Crippen LogP contribution in [0.4, 0.5) is 5.95 Å². The Balaban J connectivity index is 1.35. The van der Waals surface area contributed by atoms with E-state index < -0.39 is 0 Å². The number of hydrogen-bond acceptors (Lipinski definition) is 4. The van der Waals surface area contributed by atoms with E-state index in [1.54, 1.807) is 0 Å². The van der Waals surface area contributed by atoms with Crippen LogP contribution in [0.5, 0.6) is 0 Å². The lowest BCUT2D eigenvalue weighted by Crippen LogP contribution is -2.59. The Kier molecular flexibility index (Phi) is 2.50. The summed E-state index contributed by atoms with van der Waals surface area (Å²) in [5, 5.41) is 0. The Morgan fingerprint density at radius 3 is 2.28 bits per heavy atom. The molecule has 18 heavy (non-hydrogen) atoms. The molecule has 3 fully saturated rings. The van der Waals surface area contributed by atoms with Gasteiger partial charge in [0.2, 0.25) is 5.95 Å². The summed E-state index contributed by atoms with van der Waals surface area (Å²) in [6, 6.07) is 2.63. The number of rotatable bonds is 2. The van der Waals surface area contributed by atoms with Gasteiger partial charge >= 0.3 is 0 Å². The van der Waals surface area contributed by atoms with Gasteiger partial charge in [-0.1, -0.05) is 6.42 Å². The summed E-state index contributed by atoms with van der Waals surface area (Å²) in [6.45, 7) is 4.92. The number of hydrogen-bond donors (Lipinski definition) is 0. The molecule has 0 aromatic carbocycles. The van der Waals surface area contributed by atoms with Crippen LogP contribution in [-0.2, 0) is 0 Å². The smallest absolute Gasteiger partial charge is 0.225 e. The fraction of sp³-hybridized carbons (Fsp3) is 0.714. The lowest BCUT2D eigenvalue weighted by Gasteiger charge is -2.44. The highest BCUT2D eigenvalue weighted by atomic mass is 15.4. The molecule has 2 aliphatic heterocycles. The fourth-order valence-electron chi connectivity index (χ4n) is 3.87. The van der Waals surface area contributed by atoms with Crippen molar-refractivity contribution in [3.8, 4) is 0 Å². The van der Waals surface area contributed by atoms with E-state index in [1.165, 1.54) is 32.4 Å². The topological polar surface area (TPSA) is 32.3 Å². The molecule has 0 amide bonds. The van der Waals surface area contributed by atoms with Crippen molar-refractivity contribution in [2.75, 3.05) is 31.1 Å². The molecular formula is C14H20N4. The molecule has 1 aromatic rings. The maximum Gasteiger partial charge on any atom is 0.225 e. The van der Waals surface area contributed by atoms with Crippen molar-refractivity contribution in [3.05, 3.63) is 18.5 Å². The molecule has 1 saturated carbocycles. The van der Waals surface area contributed by atoms with Crippen LogP contribution in [0.3, 0.4) is 0 Å². The number of likely N-dealkylation sites (tertiary alicyclic amines) is 1. The first-order valence-corrected chi connectivity index (χ1v) is 7.16. The molecule has 0 spiro atoms. The van der Waals surface area contributed by atoms with Crippen molar-refractivity contribution in [1.29, 1.82) is 0 Å². The van der Waals surface area contributed by atoms with Crippen molar-refractivity contribution in [2.24, 2.45) is 11.8 Å². The average molecular weight is 244 g/mol. The van der Waals surface area contributed by atoms with Gasteiger partial charge in [0.1, 0.15) is 0 Å². The molecule has 2 saturated heterocycles. The van der Waals surface area contributed by atoms with Crippen molar-refractivity contribution < 1.29 is 0 Å². The molecule has 0 radical (unpaired) electrons. The molecule has 0 bridgehead atoms. The Morgan fingerprint density at radius 1 is 0.944 bits per heavy atom. The second-order valence-corrected chi connectivity index (χ2v) is 6.01. The Morgan fingerprint density at radius 2 is 1.61 bits per heavy atom. The first kappa shape index (κ1) is 10.7. The van der Waals surface area contributed by atoms with Crippen LogP contribution in [0, 0.1) is 11.8 Å². The minimum atomic E-state index is 0.749. The number of aromatic nitrogens is 2. The second-order valence-electron chi connectivity index (χ2n) is 6.01. The minimum Gasteiger partial charge on any atom is -0.338 e. The third-order valence-corrected chi connectivity index (χ3v) is 4.97. The summed E-state index contributed by atoms with van der Waals surface area (Å²) < 4.78 is 0. The zero-order valence-electron chi connectivity index (χ0n) is 10.7. The van der Waals surface area contributed by atoms with Crippen molar-refractivity contribution >= 4 is 5.95 Å². The summed E-state index contributed by atoms with van der Waals surface area (Å²) in [5.74, 6) is 2.91. The molecule has 2 atom stereocenters. The molecule has 3 aliphatic rings. The van der Waals surface area contributed by atoms with E-state index in [9.17, 15) is 0 Å². The largest absolute Gasteiger partial charge is 0.338 e. The molecule has 3 heterocycles. The highest BCUT2D eigenvalue weighted by molar-refractivity contribution is 5.34. The summed E-state index contributed by atoms with van der Waals surface area (Å²) in [7, 11) is 0. The van der Waals surface area contributed by atoms with Gasteiger partial charge in [-0.15, -0.1) is 0 Å². The normalized spacial score (nSPS) is 32.6. The van der Waals surface area contributed by atoms with Gasteiger partial charge in [0, 0.05) is 44.6 Å². The standard InChI is InChI=1S/C14H20N4/c1-3-11-7-17(8-12(11)4-1)13-9-18(10-13)14-15-5-2-6-16-14/h2,5-6,11-13H,1,3-4,7-10H2. The molecule has 1 aromatic heterocycles. The van der Waals surface area contributed by atoms with Crippen LogP contribution < -0.4 is 4.90 Å². The molecule has 4 heteroatoms. The fourth-order valence-corrected chi connectivity index (χ4v) is 3.87. The van der Waals surface area contributed by atoms with E-state index in [4.69, 9.17) is 0 Å². The highest BCUT2D eigenvalue weighted by Gasteiger charge is 2.42. The molecule has 96 valence electrons. The van der Waals surface area contributed by atoms with Crippen LogP contribution in [-0.4, -0.2) is 47.1 Å². The molecule has 0 N–H and O–H groups in total. The zero-order chi connectivity index (χ0) is 11.9. The zero-order valence-corrected chi connectivity index (χ0v) is 10.7. The van der Waals surface area contributed by atoms with Gasteiger partial charge in [0.05, 0.1) is 0 Å². The van der Waals surface area contributed by atoms with E-state index in [0.717, 1.165) is 36.9 Å². The molecule has 1 aliphatic carbocycles. The van der Waals surface area contributed by atoms with Crippen LogP contribution in [0.1, 0.15) is 19.3 Å². The Hall–Kier alpha value is -1.16. The maximum atomic E-state index is 4.32. The van der Waals surface area contributed by atoms with Crippen molar-refractivity contribution in [2.45, 2.75) is 25.3 Å². The van der Waals surface area contributed by atoms with Gasteiger partial charge in [-0.25, -0.2) is 9.97 Å². The molecular weight excluding hydrogens is 224 g/mol. The number of fused-ring (bicyclic) bond motifs is 1. The van der Waals surface area contributed by atoms with Crippen molar-refractivity contribution in [3.63, 3.8) is 0 Å². The van der Waals surface area contributed by atoms with Gasteiger partial charge in [-0.05, 0) is 30.7 Å². The second kappa shape index (κ2) is 4.19. The molecule has 4 nitrogen and oxygen atoms in total. The van der Waals surface area contributed by atoms with Gasteiger partial charge in [-0.3, -0.25) is 4.90 Å². The van der Waals surface area contributed by atoms with E-state index >= 15 is 0 Å². The van der Waals surface area contributed by atoms with E-state index in [1.807, 2.05) is 18.5 Å². The average Bonchev–Trinajstić information content (AvgIpc) is 2.89. The quantitative estimate of drug-likeness (QED) is 0.787.